The van der Waals surface area contributed by atoms with Crippen molar-refractivity contribution in [3.8, 4) is 0 Å². The molecule has 1 atom stereocenters. The van der Waals surface area contributed by atoms with E-state index in [4.69, 9.17) is 0 Å². The predicted octanol–water partition coefficient (Wildman–Crippen LogP) is 3.99. The number of likely N-dealkylation sites (tertiary alicyclic amines) is 2. The molecule has 0 radical (unpaired) electrons. The minimum Gasteiger partial charge on any atom is -0.302 e. The van der Waals surface area contributed by atoms with Gasteiger partial charge in [0.05, 0.1) is 0 Å². The highest BCUT2D eigenvalue weighted by atomic mass is 15.2. The topological polar surface area (TPSA) is 6.48 Å². The molecule has 0 bridgehead atoms. The average molecular weight is 300 g/mol. The molecule has 0 amide bonds. The van der Waals surface area contributed by atoms with Gasteiger partial charge in [-0.2, -0.15) is 0 Å². The standard InChI is InChI=1S/C20H32N2/c1-20(2,3)22-13-9-17(10-14-22)15-21-12-11-19(16-21)18-7-5-4-6-8-18/h4-8,17,19H,9-16H2,1-3H3. The lowest BCUT2D eigenvalue weighted by Gasteiger charge is -2.41. The van der Waals surface area contributed by atoms with E-state index in [1.807, 2.05) is 0 Å². The lowest BCUT2D eigenvalue weighted by atomic mass is 9.92. The second kappa shape index (κ2) is 6.72. The maximum atomic E-state index is 2.72. The molecule has 22 heavy (non-hydrogen) atoms. The van der Waals surface area contributed by atoms with Gasteiger partial charge in [0.15, 0.2) is 0 Å². The summed E-state index contributed by atoms with van der Waals surface area (Å²) in [5.41, 5.74) is 1.88. The summed E-state index contributed by atoms with van der Waals surface area (Å²) < 4.78 is 0. The van der Waals surface area contributed by atoms with E-state index in [1.54, 1.807) is 0 Å². The SMILES string of the molecule is CC(C)(C)N1CCC(CN2CCC(c3ccccc3)C2)CC1. The first kappa shape index (κ1) is 16.0. The van der Waals surface area contributed by atoms with Gasteiger partial charge >= 0.3 is 0 Å². The highest BCUT2D eigenvalue weighted by Crippen LogP contribution is 2.30. The molecular weight excluding hydrogens is 268 g/mol. The monoisotopic (exact) mass is 300 g/mol. The van der Waals surface area contributed by atoms with E-state index in [1.165, 1.54) is 57.5 Å². The van der Waals surface area contributed by atoms with Gasteiger partial charge in [-0.15, -0.1) is 0 Å². The molecule has 3 rings (SSSR count). The highest BCUT2D eigenvalue weighted by Gasteiger charge is 2.30. The quantitative estimate of drug-likeness (QED) is 0.833. The lowest BCUT2D eigenvalue weighted by Crippen LogP contribution is -2.47. The Bertz CT molecular complexity index is 454. The zero-order valence-corrected chi connectivity index (χ0v) is 14.6. The van der Waals surface area contributed by atoms with Gasteiger partial charge in [-0.1, -0.05) is 30.3 Å². The van der Waals surface area contributed by atoms with E-state index in [0.29, 0.717) is 5.54 Å². The molecule has 0 aliphatic carbocycles. The van der Waals surface area contributed by atoms with Crippen molar-refractivity contribution in [3.05, 3.63) is 35.9 Å². The van der Waals surface area contributed by atoms with Crippen molar-refractivity contribution < 1.29 is 0 Å². The molecule has 122 valence electrons. The second-order valence-electron chi connectivity index (χ2n) is 8.26. The minimum absolute atomic E-state index is 0.344. The molecule has 1 aromatic rings. The molecular formula is C20H32N2. The molecule has 2 heteroatoms. The first-order valence-corrected chi connectivity index (χ1v) is 9.05. The van der Waals surface area contributed by atoms with Crippen LogP contribution in [-0.2, 0) is 0 Å². The highest BCUT2D eigenvalue weighted by molar-refractivity contribution is 5.21. The van der Waals surface area contributed by atoms with E-state index in [0.717, 1.165) is 11.8 Å². The zero-order chi connectivity index (χ0) is 15.6. The van der Waals surface area contributed by atoms with E-state index in [2.05, 4.69) is 60.9 Å². The number of rotatable bonds is 3. The molecule has 0 N–H and O–H groups in total. The van der Waals surface area contributed by atoms with Crippen molar-refractivity contribution in [2.75, 3.05) is 32.7 Å². The molecule has 1 unspecified atom stereocenters. The summed E-state index contributed by atoms with van der Waals surface area (Å²) in [6.07, 6.45) is 4.10. The van der Waals surface area contributed by atoms with Crippen molar-refractivity contribution in [3.63, 3.8) is 0 Å². The Labute approximate surface area is 136 Å². The van der Waals surface area contributed by atoms with Crippen LogP contribution in [0.15, 0.2) is 30.3 Å². The Kier molecular flexibility index (Phi) is 4.89. The number of hydrogen-bond donors (Lipinski definition) is 0. The van der Waals surface area contributed by atoms with Crippen LogP contribution in [0.5, 0.6) is 0 Å². The van der Waals surface area contributed by atoms with E-state index in [9.17, 15) is 0 Å². The Morgan fingerprint density at radius 2 is 1.64 bits per heavy atom. The second-order valence-corrected chi connectivity index (χ2v) is 8.26. The first-order chi connectivity index (χ1) is 10.5. The third kappa shape index (κ3) is 3.91. The molecule has 2 nitrogen and oxygen atoms in total. The first-order valence-electron chi connectivity index (χ1n) is 9.05. The van der Waals surface area contributed by atoms with Crippen LogP contribution >= 0.6 is 0 Å². The molecule has 2 saturated heterocycles. The summed E-state index contributed by atoms with van der Waals surface area (Å²) in [5.74, 6) is 1.67. The van der Waals surface area contributed by atoms with Crippen molar-refractivity contribution in [2.45, 2.75) is 51.5 Å². The van der Waals surface area contributed by atoms with Crippen LogP contribution in [0.2, 0.25) is 0 Å². The normalized spacial score (nSPS) is 25.7. The third-order valence-corrected chi connectivity index (χ3v) is 5.62. The van der Waals surface area contributed by atoms with Gasteiger partial charge in [-0.3, -0.25) is 4.90 Å². The smallest absolute Gasteiger partial charge is 0.0125 e. The van der Waals surface area contributed by atoms with Crippen LogP contribution < -0.4 is 0 Å². The fraction of sp³-hybridized carbons (Fsp3) is 0.700. The third-order valence-electron chi connectivity index (χ3n) is 5.62. The summed E-state index contributed by atoms with van der Waals surface area (Å²) in [7, 11) is 0. The van der Waals surface area contributed by atoms with Gasteiger partial charge < -0.3 is 4.90 Å². The minimum atomic E-state index is 0.344. The Morgan fingerprint density at radius 3 is 2.27 bits per heavy atom. The van der Waals surface area contributed by atoms with Gasteiger partial charge in [0.25, 0.3) is 0 Å². The fourth-order valence-electron chi connectivity index (χ4n) is 4.15. The fourth-order valence-corrected chi connectivity index (χ4v) is 4.15. The van der Waals surface area contributed by atoms with Crippen molar-refractivity contribution in [1.29, 1.82) is 0 Å². The zero-order valence-electron chi connectivity index (χ0n) is 14.6. The predicted molar refractivity (Wildman–Crippen MR) is 94.3 cm³/mol. The van der Waals surface area contributed by atoms with Crippen LogP contribution in [0.4, 0.5) is 0 Å². The molecule has 2 aliphatic rings. The number of benzene rings is 1. The Balaban J connectivity index is 1.46. The average Bonchev–Trinajstić information content (AvgIpc) is 2.96. The van der Waals surface area contributed by atoms with Crippen LogP contribution in [0, 0.1) is 5.92 Å². The van der Waals surface area contributed by atoms with Gasteiger partial charge in [0.1, 0.15) is 0 Å². The number of piperidine rings is 1. The molecule has 0 aromatic heterocycles. The number of nitrogens with zero attached hydrogens (tertiary/aromatic N) is 2. The summed E-state index contributed by atoms with van der Waals surface area (Å²) in [4.78, 5) is 5.37. The van der Waals surface area contributed by atoms with Gasteiger partial charge in [0, 0.05) is 18.6 Å². The van der Waals surface area contributed by atoms with Gasteiger partial charge in [0.2, 0.25) is 0 Å². The summed E-state index contributed by atoms with van der Waals surface area (Å²) in [6.45, 7) is 13.5. The van der Waals surface area contributed by atoms with E-state index >= 15 is 0 Å². The number of hydrogen-bond acceptors (Lipinski definition) is 2. The molecule has 0 spiro atoms. The summed E-state index contributed by atoms with van der Waals surface area (Å²) in [6, 6.07) is 11.1. The van der Waals surface area contributed by atoms with Crippen molar-refractivity contribution in [2.24, 2.45) is 5.92 Å². The molecule has 2 aliphatic heterocycles. The summed E-state index contributed by atoms with van der Waals surface area (Å²) >= 11 is 0. The summed E-state index contributed by atoms with van der Waals surface area (Å²) in [5, 5.41) is 0. The molecule has 1 aromatic carbocycles. The molecule has 0 saturated carbocycles. The van der Waals surface area contributed by atoms with Crippen LogP contribution in [-0.4, -0.2) is 48.1 Å². The van der Waals surface area contributed by atoms with Crippen LogP contribution in [0.3, 0.4) is 0 Å². The lowest BCUT2D eigenvalue weighted by molar-refractivity contribution is 0.0773. The molecule has 2 heterocycles. The molecule has 2 fully saturated rings. The van der Waals surface area contributed by atoms with Gasteiger partial charge in [-0.25, -0.2) is 0 Å². The van der Waals surface area contributed by atoms with Gasteiger partial charge in [-0.05, 0) is 77.1 Å². The largest absolute Gasteiger partial charge is 0.302 e. The van der Waals surface area contributed by atoms with Crippen molar-refractivity contribution >= 4 is 0 Å². The van der Waals surface area contributed by atoms with Crippen LogP contribution in [0.1, 0.15) is 51.5 Å². The Morgan fingerprint density at radius 1 is 0.955 bits per heavy atom. The van der Waals surface area contributed by atoms with E-state index in [-0.39, 0.29) is 0 Å². The maximum absolute atomic E-state index is 2.72. The van der Waals surface area contributed by atoms with E-state index < -0.39 is 0 Å². The van der Waals surface area contributed by atoms with Crippen molar-refractivity contribution in [1.82, 2.24) is 9.80 Å². The Hall–Kier alpha value is -0.860. The van der Waals surface area contributed by atoms with Crippen LogP contribution in [0.25, 0.3) is 0 Å². The maximum Gasteiger partial charge on any atom is 0.0125 e.